The van der Waals surface area contributed by atoms with Gasteiger partial charge in [-0.25, -0.2) is 4.98 Å². The summed E-state index contributed by atoms with van der Waals surface area (Å²) in [6, 6.07) is 13.0. The number of unbranched alkanes of at least 4 members (excludes halogenated alkanes) is 4. The van der Waals surface area contributed by atoms with Crippen LogP contribution in [0.15, 0.2) is 42.6 Å². The second-order valence-electron chi connectivity index (χ2n) is 7.91. The van der Waals surface area contributed by atoms with E-state index in [1.54, 1.807) is 0 Å². The number of nitrogens with zero attached hydrogens (tertiary/aromatic N) is 1. The van der Waals surface area contributed by atoms with E-state index in [1.165, 1.54) is 75.3 Å². The van der Waals surface area contributed by atoms with E-state index >= 15 is 0 Å². The van der Waals surface area contributed by atoms with Gasteiger partial charge in [-0.3, -0.25) is 0 Å². The Morgan fingerprint density at radius 3 is 2.19 bits per heavy atom. The topological polar surface area (TPSA) is 12.9 Å². The van der Waals surface area contributed by atoms with Crippen molar-refractivity contribution in [2.24, 2.45) is 5.92 Å². The van der Waals surface area contributed by atoms with Gasteiger partial charge in [-0.05, 0) is 60.8 Å². The van der Waals surface area contributed by atoms with Crippen molar-refractivity contribution in [3.8, 4) is 11.1 Å². The van der Waals surface area contributed by atoms with Crippen molar-refractivity contribution in [2.45, 2.75) is 77.0 Å². The van der Waals surface area contributed by atoms with Gasteiger partial charge in [0.25, 0.3) is 0 Å². The summed E-state index contributed by atoms with van der Waals surface area (Å²) in [5, 5.41) is 0.549. The SMILES string of the molecule is CCCCCCCC1CCC(c2ccc(-c3ccc(Cl)nc3)cc2)CC1. The van der Waals surface area contributed by atoms with E-state index in [0.29, 0.717) is 5.15 Å². The van der Waals surface area contributed by atoms with Crippen LogP contribution in [-0.2, 0) is 0 Å². The van der Waals surface area contributed by atoms with E-state index in [-0.39, 0.29) is 0 Å². The number of aromatic nitrogens is 1. The Hall–Kier alpha value is -1.34. The molecular weight excluding hydrogens is 338 g/mol. The minimum absolute atomic E-state index is 0.549. The van der Waals surface area contributed by atoms with Crippen molar-refractivity contribution in [3.63, 3.8) is 0 Å². The molecule has 0 unspecified atom stereocenters. The predicted molar refractivity (Wildman–Crippen MR) is 113 cm³/mol. The average molecular weight is 370 g/mol. The number of pyridine rings is 1. The van der Waals surface area contributed by atoms with Crippen LogP contribution in [0.4, 0.5) is 0 Å². The molecule has 2 heteroatoms. The highest BCUT2D eigenvalue weighted by molar-refractivity contribution is 6.29. The van der Waals surface area contributed by atoms with Gasteiger partial charge in [0, 0.05) is 11.8 Å². The van der Waals surface area contributed by atoms with E-state index in [9.17, 15) is 0 Å². The van der Waals surface area contributed by atoms with Crippen LogP contribution < -0.4 is 0 Å². The van der Waals surface area contributed by atoms with Gasteiger partial charge in [0.2, 0.25) is 0 Å². The summed E-state index contributed by atoms with van der Waals surface area (Å²) in [5.74, 6) is 1.73. The summed E-state index contributed by atoms with van der Waals surface area (Å²) in [6.45, 7) is 2.29. The Morgan fingerprint density at radius 2 is 1.54 bits per heavy atom. The molecule has 0 atom stereocenters. The lowest BCUT2D eigenvalue weighted by Gasteiger charge is -2.29. The smallest absolute Gasteiger partial charge is 0.129 e. The molecule has 0 bridgehead atoms. The molecule has 3 rings (SSSR count). The highest BCUT2D eigenvalue weighted by Crippen LogP contribution is 2.38. The van der Waals surface area contributed by atoms with Crippen LogP contribution >= 0.6 is 11.6 Å². The van der Waals surface area contributed by atoms with Crippen LogP contribution in [0.2, 0.25) is 5.15 Å². The summed E-state index contributed by atoms with van der Waals surface area (Å²) in [4.78, 5) is 4.18. The van der Waals surface area contributed by atoms with Crippen LogP contribution in [0.3, 0.4) is 0 Å². The van der Waals surface area contributed by atoms with E-state index in [1.807, 2.05) is 18.3 Å². The molecule has 1 heterocycles. The van der Waals surface area contributed by atoms with Crippen molar-refractivity contribution in [1.82, 2.24) is 4.98 Å². The number of hydrogen-bond donors (Lipinski definition) is 0. The zero-order chi connectivity index (χ0) is 18.2. The fraction of sp³-hybridized carbons (Fsp3) is 0.542. The summed E-state index contributed by atoms with van der Waals surface area (Å²) >= 11 is 5.88. The molecule has 1 aliphatic rings. The first kappa shape index (κ1) is 19.4. The van der Waals surface area contributed by atoms with Gasteiger partial charge >= 0.3 is 0 Å². The second-order valence-corrected chi connectivity index (χ2v) is 8.30. The van der Waals surface area contributed by atoms with Crippen molar-refractivity contribution < 1.29 is 0 Å². The fourth-order valence-corrected chi connectivity index (χ4v) is 4.43. The maximum atomic E-state index is 5.88. The molecule has 1 aromatic carbocycles. The van der Waals surface area contributed by atoms with Crippen LogP contribution in [0.5, 0.6) is 0 Å². The molecule has 0 radical (unpaired) electrons. The lowest BCUT2D eigenvalue weighted by molar-refractivity contribution is 0.302. The summed E-state index contributed by atoms with van der Waals surface area (Å²) in [7, 11) is 0. The van der Waals surface area contributed by atoms with Crippen molar-refractivity contribution >= 4 is 11.6 Å². The van der Waals surface area contributed by atoms with Gasteiger partial charge < -0.3 is 0 Å². The Bertz CT molecular complexity index is 639. The first-order chi connectivity index (χ1) is 12.8. The molecule has 0 N–H and O–H groups in total. The van der Waals surface area contributed by atoms with E-state index in [2.05, 4.69) is 36.2 Å². The summed E-state index contributed by atoms with van der Waals surface area (Å²) < 4.78 is 0. The molecule has 0 saturated heterocycles. The molecule has 26 heavy (non-hydrogen) atoms. The quantitative estimate of drug-likeness (QED) is 0.339. The molecule has 2 aromatic rings. The van der Waals surface area contributed by atoms with Crippen LogP contribution in [0.1, 0.15) is 82.6 Å². The fourth-order valence-electron chi connectivity index (χ4n) is 4.32. The summed E-state index contributed by atoms with van der Waals surface area (Å²) in [5.41, 5.74) is 3.86. The zero-order valence-corrected chi connectivity index (χ0v) is 16.8. The Kier molecular flexibility index (Phi) is 7.55. The lowest BCUT2D eigenvalue weighted by Crippen LogP contribution is -2.13. The van der Waals surface area contributed by atoms with Gasteiger partial charge in [0.05, 0.1) is 0 Å². The van der Waals surface area contributed by atoms with Gasteiger partial charge in [-0.15, -0.1) is 0 Å². The third-order valence-corrected chi connectivity index (χ3v) is 6.23. The number of halogens is 1. The van der Waals surface area contributed by atoms with Crippen molar-refractivity contribution in [3.05, 3.63) is 53.3 Å². The van der Waals surface area contributed by atoms with Crippen molar-refractivity contribution in [2.75, 3.05) is 0 Å². The molecule has 1 aliphatic carbocycles. The maximum absolute atomic E-state index is 5.88. The molecule has 0 spiro atoms. The van der Waals surface area contributed by atoms with E-state index < -0.39 is 0 Å². The molecule has 0 amide bonds. The molecule has 1 fully saturated rings. The summed E-state index contributed by atoms with van der Waals surface area (Å²) in [6.07, 6.45) is 15.9. The first-order valence-electron chi connectivity index (χ1n) is 10.5. The predicted octanol–water partition coefficient (Wildman–Crippen LogP) is 8.04. The van der Waals surface area contributed by atoms with Crippen LogP contribution in [0.25, 0.3) is 11.1 Å². The maximum Gasteiger partial charge on any atom is 0.129 e. The zero-order valence-electron chi connectivity index (χ0n) is 16.1. The van der Waals surface area contributed by atoms with Gasteiger partial charge in [0.15, 0.2) is 0 Å². The van der Waals surface area contributed by atoms with E-state index in [0.717, 1.165) is 17.4 Å². The Morgan fingerprint density at radius 1 is 0.846 bits per heavy atom. The lowest BCUT2D eigenvalue weighted by atomic mass is 9.77. The normalized spacial score (nSPS) is 20.2. The van der Waals surface area contributed by atoms with Crippen molar-refractivity contribution in [1.29, 1.82) is 0 Å². The number of benzene rings is 1. The van der Waals surface area contributed by atoms with Crippen LogP contribution in [0, 0.1) is 5.92 Å². The minimum Gasteiger partial charge on any atom is -0.244 e. The van der Waals surface area contributed by atoms with Crippen LogP contribution in [-0.4, -0.2) is 4.98 Å². The first-order valence-corrected chi connectivity index (χ1v) is 10.9. The highest BCUT2D eigenvalue weighted by Gasteiger charge is 2.22. The van der Waals surface area contributed by atoms with Gasteiger partial charge in [-0.1, -0.05) is 81.3 Å². The number of hydrogen-bond acceptors (Lipinski definition) is 1. The minimum atomic E-state index is 0.549. The molecule has 1 nitrogen and oxygen atoms in total. The highest BCUT2D eigenvalue weighted by atomic mass is 35.5. The molecule has 1 aromatic heterocycles. The van der Waals surface area contributed by atoms with E-state index in [4.69, 9.17) is 11.6 Å². The largest absolute Gasteiger partial charge is 0.244 e. The molecule has 140 valence electrons. The van der Waals surface area contributed by atoms with Gasteiger partial charge in [0.1, 0.15) is 5.15 Å². The van der Waals surface area contributed by atoms with Gasteiger partial charge in [-0.2, -0.15) is 0 Å². The molecule has 1 saturated carbocycles. The number of rotatable bonds is 8. The standard InChI is InChI=1S/C24H32ClN/c1-2-3-4-5-6-7-19-8-10-20(11-9-19)21-12-14-22(15-13-21)23-16-17-24(25)26-18-23/h12-20H,2-11H2,1H3. The molecular formula is C24H32ClN. The Balaban J connectivity index is 1.46. The second kappa shape index (κ2) is 10.1. The molecule has 0 aliphatic heterocycles. The Labute approximate surface area is 164 Å². The average Bonchev–Trinajstić information content (AvgIpc) is 2.69. The third kappa shape index (κ3) is 5.58. The third-order valence-electron chi connectivity index (χ3n) is 6.01. The monoisotopic (exact) mass is 369 g/mol.